The minimum Gasteiger partial charge on any atom is -0.469 e. The van der Waals surface area contributed by atoms with Gasteiger partial charge in [-0.3, -0.25) is 0 Å². The largest absolute Gasteiger partial charge is 0.469 e. The molecule has 0 N–H and O–H groups in total. The van der Waals surface area contributed by atoms with Crippen molar-refractivity contribution in [3.8, 4) is 0 Å². The van der Waals surface area contributed by atoms with Crippen LogP contribution in [-0.4, -0.2) is 15.2 Å². The molecule has 12 heavy (non-hydrogen) atoms. The average molecular weight is 184 g/mol. The van der Waals surface area contributed by atoms with Gasteiger partial charge in [-0.15, -0.1) is 0 Å². The molecule has 0 fully saturated rings. The SMILES string of the molecule is COCc1ccc([Si](C)(C)C)o1. The summed E-state index contributed by atoms with van der Waals surface area (Å²) < 4.78 is 10.6. The van der Waals surface area contributed by atoms with Crippen LogP contribution in [0.1, 0.15) is 5.76 Å². The van der Waals surface area contributed by atoms with Crippen molar-refractivity contribution in [1.82, 2.24) is 0 Å². The van der Waals surface area contributed by atoms with Gasteiger partial charge in [0.05, 0.1) is 5.38 Å². The zero-order valence-corrected chi connectivity index (χ0v) is 9.18. The molecule has 0 amide bonds. The molecule has 68 valence electrons. The van der Waals surface area contributed by atoms with Crippen LogP contribution in [0.3, 0.4) is 0 Å². The highest BCUT2D eigenvalue weighted by molar-refractivity contribution is 6.87. The number of rotatable bonds is 3. The van der Waals surface area contributed by atoms with Gasteiger partial charge in [-0.2, -0.15) is 0 Å². The lowest BCUT2D eigenvalue weighted by atomic mass is 10.5. The highest BCUT2D eigenvalue weighted by Gasteiger charge is 2.20. The summed E-state index contributed by atoms with van der Waals surface area (Å²) in [4.78, 5) is 0. The maximum absolute atomic E-state index is 5.63. The number of hydrogen-bond donors (Lipinski definition) is 0. The van der Waals surface area contributed by atoms with Gasteiger partial charge in [0.25, 0.3) is 0 Å². The summed E-state index contributed by atoms with van der Waals surface area (Å²) >= 11 is 0. The summed E-state index contributed by atoms with van der Waals surface area (Å²) in [5, 5.41) is 1.15. The first-order valence-electron chi connectivity index (χ1n) is 4.12. The van der Waals surface area contributed by atoms with Crippen LogP contribution < -0.4 is 5.38 Å². The first-order valence-corrected chi connectivity index (χ1v) is 7.62. The summed E-state index contributed by atoms with van der Waals surface area (Å²) in [7, 11) is 0.414. The van der Waals surface area contributed by atoms with Gasteiger partial charge in [-0.25, -0.2) is 0 Å². The van der Waals surface area contributed by atoms with E-state index in [-0.39, 0.29) is 0 Å². The molecule has 1 aromatic heterocycles. The van der Waals surface area contributed by atoms with Crippen molar-refractivity contribution < 1.29 is 9.15 Å². The van der Waals surface area contributed by atoms with Crippen LogP contribution in [0.25, 0.3) is 0 Å². The Morgan fingerprint density at radius 1 is 1.33 bits per heavy atom. The minimum atomic E-state index is -1.26. The lowest BCUT2D eigenvalue weighted by Crippen LogP contribution is -2.36. The van der Waals surface area contributed by atoms with Crippen molar-refractivity contribution in [3.05, 3.63) is 17.9 Å². The second-order valence-corrected chi connectivity index (χ2v) is 8.94. The van der Waals surface area contributed by atoms with Crippen LogP contribution in [-0.2, 0) is 11.3 Å². The van der Waals surface area contributed by atoms with Crippen LogP contribution in [0, 0.1) is 0 Å². The van der Waals surface area contributed by atoms with E-state index in [4.69, 9.17) is 9.15 Å². The summed E-state index contributed by atoms with van der Waals surface area (Å²) in [5.74, 6) is 0.926. The van der Waals surface area contributed by atoms with Gasteiger partial charge in [0, 0.05) is 7.11 Å². The molecule has 0 radical (unpaired) electrons. The lowest BCUT2D eigenvalue weighted by molar-refractivity contribution is 0.165. The molecule has 0 aliphatic heterocycles. The Hall–Kier alpha value is -0.543. The van der Waals surface area contributed by atoms with Crippen LogP contribution in [0.2, 0.25) is 19.6 Å². The number of methoxy groups -OCH3 is 1. The number of furan rings is 1. The summed E-state index contributed by atoms with van der Waals surface area (Å²) in [6.45, 7) is 7.37. The third-order valence-corrected chi connectivity index (χ3v) is 3.43. The van der Waals surface area contributed by atoms with Crippen molar-refractivity contribution in [2.75, 3.05) is 7.11 Å². The van der Waals surface area contributed by atoms with Gasteiger partial charge in [0.2, 0.25) is 0 Å². The second kappa shape index (κ2) is 3.45. The fraction of sp³-hybridized carbons (Fsp3) is 0.556. The van der Waals surface area contributed by atoms with E-state index in [2.05, 4.69) is 25.7 Å². The van der Waals surface area contributed by atoms with Gasteiger partial charge in [-0.1, -0.05) is 19.6 Å². The summed E-state index contributed by atoms with van der Waals surface area (Å²) in [6, 6.07) is 4.07. The Morgan fingerprint density at radius 2 is 2.00 bits per heavy atom. The molecular weight excluding hydrogens is 168 g/mol. The highest BCUT2D eigenvalue weighted by Crippen LogP contribution is 2.07. The molecule has 0 unspecified atom stereocenters. The van der Waals surface area contributed by atoms with Crippen LogP contribution in [0.15, 0.2) is 16.5 Å². The van der Waals surface area contributed by atoms with Crippen molar-refractivity contribution in [2.24, 2.45) is 0 Å². The molecule has 0 aromatic carbocycles. The van der Waals surface area contributed by atoms with E-state index in [1.807, 2.05) is 6.07 Å². The van der Waals surface area contributed by atoms with Crippen molar-refractivity contribution >= 4 is 13.5 Å². The molecule has 0 saturated carbocycles. The Balaban J connectivity index is 2.77. The lowest BCUT2D eigenvalue weighted by Gasteiger charge is -2.11. The molecule has 0 aliphatic rings. The maximum Gasteiger partial charge on any atom is 0.129 e. The quantitative estimate of drug-likeness (QED) is 0.670. The van der Waals surface area contributed by atoms with Gasteiger partial charge >= 0.3 is 0 Å². The van der Waals surface area contributed by atoms with Gasteiger partial charge in [0.15, 0.2) is 0 Å². The Kier molecular flexibility index (Phi) is 2.75. The van der Waals surface area contributed by atoms with Gasteiger partial charge in [-0.05, 0) is 12.1 Å². The summed E-state index contributed by atoms with van der Waals surface area (Å²) in [5.41, 5.74) is 0. The minimum absolute atomic E-state index is 0.574. The van der Waals surface area contributed by atoms with Crippen LogP contribution in [0.4, 0.5) is 0 Å². The molecule has 3 heteroatoms. The monoisotopic (exact) mass is 184 g/mol. The molecule has 0 bridgehead atoms. The number of ether oxygens (including phenoxy) is 1. The first-order chi connectivity index (χ1) is 5.54. The van der Waals surface area contributed by atoms with Gasteiger partial charge < -0.3 is 9.15 Å². The van der Waals surface area contributed by atoms with Gasteiger partial charge in [0.1, 0.15) is 20.4 Å². The van der Waals surface area contributed by atoms with Crippen LogP contribution >= 0.6 is 0 Å². The third kappa shape index (κ3) is 2.22. The predicted molar refractivity (Wildman–Crippen MR) is 52.4 cm³/mol. The molecule has 0 saturated heterocycles. The average Bonchev–Trinajstić information content (AvgIpc) is 2.35. The predicted octanol–water partition coefficient (Wildman–Crippen LogP) is 1.97. The van der Waals surface area contributed by atoms with E-state index in [9.17, 15) is 0 Å². The molecule has 0 spiro atoms. The Labute approximate surface area is 74.5 Å². The topological polar surface area (TPSA) is 22.4 Å². The zero-order chi connectivity index (χ0) is 9.19. The van der Waals surface area contributed by atoms with Crippen LogP contribution in [0.5, 0.6) is 0 Å². The van der Waals surface area contributed by atoms with Crippen molar-refractivity contribution in [3.63, 3.8) is 0 Å². The first kappa shape index (κ1) is 9.54. The number of hydrogen-bond acceptors (Lipinski definition) is 2. The molecular formula is C9H16O2Si. The summed E-state index contributed by atoms with van der Waals surface area (Å²) in [6.07, 6.45) is 0. The fourth-order valence-electron chi connectivity index (χ4n) is 1.00. The maximum atomic E-state index is 5.63. The zero-order valence-electron chi connectivity index (χ0n) is 8.18. The molecule has 0 aliphatic carbocycles. The molecule has 1 rings (SSSR count). The molecule has 1 heterocycles. The third-order valence-electron chi connectivity index (χ3n) is 1.69. The van der Waals surface area contributed by atoms with E-state index in [1.165, 1.54) is 0 Å². The van der Waals surface area contributed by atoms with Crippen molar-refractivity contribution in [1.29, 1.82) is 0 Å². The standard InChI is InChI=1S/C9H16O2Si/c1-10-7-8-5-6-9(11-8)12(2,3)4/h5-6H,7H2,1-4H3. The molecule has 2 nitrogen and oxygen atoms in total. The van der Waals surface area contributed by atoms with E-state index >= 15 is 0 Å². The van der Waals surface area contributed by atoms with E-state index < -0.39 is 8.07 Å². The van der Waals surface area contributed by atoms with E-state index in [1.54, 1.807) is 7.11 Å². The molecule has 1 aromatic rings. The normalized spacial score (nSPS) is 12.0. The van der Waals surface area contributed by atoms with Crippen molar-refractivity contribution in [2.45, 2.75) is 26.2 Å². The van der Waals surface area contributed by atoms with E-state index in [0.717, 1.165) is 11.1 Å². The Bertz CT molecular complexity index is 247. The molecule has 0 atom stereocenters. The smallest absolute Gasteiger partial charge is 0.129 e. The highest BCUT2D eigenvalue weighted by atomic mass is 28.3. The second-order valence-electron chi connectivity index (χ2n) is 3.95. The fourth-order valence-corrected chi connectivity index (χ4v) is 2.02. The van der Waals surface area contributed by atoms with E-state index in [0.29, 0.717) is 6.61 Å². The Morgan fingerprint density at radius 3 is 2.42 bits per heavy atom.